The van der Waals surface area contributed by atoms with E-state index in [-0.39, 0.29) is 5.41 Å². The summed E-state index contributed by atoms with van der Waals surface area (Å²) in [6.45, 7) is 4.63. The van der Waals surface area contributed by atoms with Crippen molar-refractivity contribution >= 4 is 43.6 Å². The van der Waals surface area contributed by atoms with Gasteiger partial charge in [-0.1, -0.05) is 141 Å². The van der Waals surface area contributed by atoms with Crippen molar-refractivity contribution in [1.82, 2.24) is 19.1 Å². The zero-order valence-corrected chi connectivity index (χ0v) is 29.5. The first-order valence-corrected chi connectivity index (χ1v) is 18.3. The Morgan fingerprint density at radius 1 is 0.434 bits per heavy atom. The van der Waals surface area contributed by atoms with Gasteiger partial charge in [-0.25, -0.2) is 9.97 Å². The summed E-state index contributed by atoms with van der Waals surface area (Å²) in [4.78, 5) is 10.8. The molecule has 0 bridgehead atoms. The molecule has 4 nitrogen and oxygen atoms in total. The number of para-hydroxylation sites is 4. The summed E-state index contributed by atoms with van der Waals surface area (Å²) in [7, 11) is 0. The van der Waals surface area contributed by atoms with E-state index in [4.69, 9.17) is 9.97 Å². The number of hydrogen-bond acceptors (Lipinski definition) is 2. The van der Waals surface area contributed by atoms with Crippen LogP contribution in [0.4, 0.5) is 0 Å². The number of nitrogens with zero attached hydrogens (tertiary/aromatic N) is 4. The molecular formula is C49H34N4. The van der Waals surface area contributed by atoms with Crippen molar-refractivity contribution in [2.75, 3.05) is 0 Å². The maximum atomic E-state index is 5.49. The number of aromatic nitrogens is 4. The van der Waals surface area contributed by atoms with Gasteiger partial charge in [0.05, 0.1) is 39.1 Å². The van der Waals surface area contributed by atoms with Crippen molar-refractivity contribution in [2.45, 2.75) is 19.3 Å². The Hall–Kier alpha value is -6.78. The van der Waals surface area contributed by atoms with Gasteiger partial charge in [-0.05, 0) is 48.0 Å². The van der Waals surface area contributed by atoms with Gasteiger partial charge in [0.15, 0.2) is 5.82 Å². The third-order valence-electron chi connectivity index (χ3n) is 11.3. The lowest BCUT2D eigenvalue weighted by molar-refractivity contribution is 0.658. The lowest BCUT2D eigenvalue weighted by atomic mass is 9.80. The van der Waals surface area contributed by atoms with E-state index in [0.29, 0.717) is 0 Å². The molecule has 0 atom stereocenters. The minimum Gasteiger partial charge on any atom is -0.309 e. The maximum Gasteiger partial charge on any atom is 0.160 e. The van der Waals surface area contributed by atoms with E-state index in [2.05, 4.69) is 187 Å². The van der Waals surface area contributed by atoms with Crippen LogP contribution in [0.2, 0.25) is 0 Å². The summed E-state index contributed by atoms with van der Waals surface area (Å²) in [6, 6.07) is 60.9. The summed E-state index contributed by atoms with van der Waals surface area (Å²) < 4.78 is 4.86. The van der Waals surface area contributed by atoms with Gasteiger partial charge in [-0.3, -0.25) is 0 Å². The van der Waals surface area contributed by atoms with E-state index in [1.54, 1.807) is 0 Å². The molecule has 7 aromatic carbocycles. The van der Waals surface area contributed by atoms with Gasteiger partial charge >= 0.3 is 0 Å². The standard InChI is InChI=1S/C49H34N4/c1-49(2)37-25-13-9-21-33(37)46-45(49)47(51-48(50-46)31-17-5-3-6-18-31)36-24-12-16-28-40(36)53-39-27-15-11-23-35(39)44-42(53)30-29-41-43(44)34-22-10-14-26-38(34)52(41)32-19-7-4-8-20-32/h3-30H,1-2H3. The van der Waals surface area contributed by atoms with Gasteiger partial charge in [-0.15, -0.1) is 0 Å². The second-order valence-corrected chi connectivity index (χ2v) is 14.6. The highest BCUT2D eigenvalue weighted by Gasteiger charge is 2.40. The first kappa shape index (κ1) is 29.9. The highest BCUT2D eigenvalue weighted by molar-refractivity contribution is 6.29. The van der Waals surface area contributed by atoms with Crippen molar-refractivity contribution in [1.29, 1.82) is 0 Å². The Morgan fingerprint density at radius 3 is 1.64 bits per heavy atom. The van der Waals surface area contributed by atoms with E-state index < -0.39 is 0 Å². The molecule has 4 heteroatoms. The normalized spacial score (nSPS) is 13.2. The Bertz CT molecular complexity index is 3080. The number of benzene rings is 7. The molecule has 0 unspecified atom stereocenters. The second kappa shape index (κ2) is 11.1. The molecule has 0 fully saturated rings. The van der Waals surface area contributed by atoms with Crippen LogP contribution < -0.4 is 0 Å². The molecule has 250 valence electrons. The lowest BCUT2D eigenvalue weighted by Crippen LogP contribution is -2.18. The molecule has 0 aliphatic heterocycles. The monoisotopic (exact) mass is 678 g/mol. The summed E-state index contributed by atoms with van der Waals surface area (Å²) >= 11 is 0. The predicted octanol–water partition coefficient (Wildman–Crippen LogP) is 12.3. The molecule has 3 heterocycles. The lowest BCUT2D eigenvalue weighted by Gasteiger charge is -2.25. The second-order valence-electron chi connectivity index (χ2n) is 14.6. The van der Waals surface area contributed by atoms with E-state index in [0.717, 1.165) is 45.2 Å². The van der Waals surface area contributed by atoms with Crippen LogP contribution in [-0.4, -0.2) is 19.1 Å². The van der Waals surface area contributed by atoms with Crippen LogP contribution in [0, 0.1) is 0 Å². The average molecular weight is 679 g/mol. The minimum absolute atomic E-state index is 0.296. The molecule has 1 aliphatic rings. The molecule has 1 aliphatic carbocycles. The molecule has 10 aromatic rings. The summed E-state index contributed by atoms with van der Waals surface area (Å²) in [5.74, 6) is 0.735. The van der Waals surface area contributed by atoms with E-state index in [1.165, 1.54) is 54.8 Å². The first-order valence-electron chi connectivity index (χ1n) is 18.3. The molecule has 11 rings (SSSR count). The number of rotatable bonds is 4. The van der Waals surface area contributed by atoms with Crippen molar-refractivity contribution in [3.8, 4) is 45.3 Å². The number of fused-ring (bicyclic) bond motifs is 10. The summed E-state index contributed by atoms with van der Waals surface area (Å²) in [5.41, 5.74) is 14.4. The summed E-state index contributed by atoms with van der Waals surface area (Å²) in [6.07, 6.45) is 0. The Balaban J connectivity index is 1.25. The fourth-order valence-electron chi connectivity index (χ4n) is 9.03. The topological polar surface area (TPSA) is 35.6 Å². The first-order chi connectivity index (χ1) is 26.1. The fraction of sp³-hybridized carbons (Fsp3) is 0.0612. The third kappa shape index (κ3) is 4.18. The van der Waals surface area contributed by atoms with Gasteiger partial charge in [0.25, 0.3) is 0 Å². The Labute approximate surface area is 307 Å². The molecule has 0 amide bonds. The quantitative estimate of drug-likeness (QED) is 0.186. The molecule has 53 heavy (non-hydrogen) atoms. The van der Waals surface area contributed by atoms with Crippen LogP contribution in [0.3, 0.4) is 0 Å². The van der Waals surface area contributed by atoms with Crippen molar-refractivity contribution < 1.29 is 0 Å². The van der Waals surface area contributed by atoms with Gasteiger partial charge in [0.2, 0.25) is 0 Å². The van der Waals surface area contributed by atoms with E-state index in [1.807, 2.05) is 6.07 Å². The van der Waals surface area contributed by atoms with Gasteiger partial charge in [0.1, 0.15) is 0 Å². The molecule has 0 saturated heterocycles. The highest BCUT2D eigenvalue weighted by atomic mass is 15.0. The predicted molar refractivity (Wildman–Crippen MR) is 219 cm³/mol. The minimum atomic E-state index is -0.296. The van der Waals surface area contributed by atoms with E-state index in [9.17, 15) is 0 Å². The Morgan fingerprint density at radius 2 is 0.943 bits per heavy atom. The molecule has 0 radical (unpaired) electrons. The van der Waals surface area contributed by atoms with Gasteiger partial charge < -0.3 is 9.13 Å². The molecule has 0 saturated carbocycles. The zero-order chi connectivity index (χ0) is 35.3. The van der Waals surface area contributed by atoms with Gasteiger partial charge in [-0.2, -0.15) is 0 Å². The van der Waals surface area contributed by atoms with Crippen LogP contribution in [-0.2, 0) is 5.41 Å². The Kier molecular flexibility index (Phi) is 6.27. The molecule has 0 N–H and O–H groups in total. The SMILES string of the molecule is CC1(C)c2ccccc2-c2nc(-c3ccccc3)nc(-c3ccccc3-n3c4ccccc4c4c5c6ccccc6n(-c6ccccc6)c5ccc43)c21. The number of hydrogen-bond donors (Lipinski definition) is 0. The average Bonchev–Trinajstić information content (AvgIpc) is 3.81. The van der Waals surface area contributed by atoms with Crippen LogP contribution in [0.15, 0.2) is 170 Å². The smallest absolute Gasteiger partial charge is 0.160 e. The highest BCUT2D eigenvalue weighted by Crippen LogP contribution is 2.52. The van der Waals surface area contributed by atoms with Crippen molar-refractivity contribution in [3.63, 3.8) is 0 Å². The van der Waals surface area contributed by atoms with Crippen LogP contribution in [0.25, 0.3) is 88.9 Å². The molecule has 0 spiro atoms. The third-order valence-corrected chi connectivity index (χ3v) is 11.3. The van der Waals surface area contributed by atoms with Crippen molar-refractivity contribution in [3.05, 3.63) is 181 Å². The molecular weight excluding hydrogens is 645 g/mol. The zero-order valence-electron chi connectivity index (χ0n) is 29.5. The van der Waals surface area contributed by atoms with Crippen LogP contribution >= 0.6 is 0 Å². The largest absolute Gasteiger partial charge is 0.309 e. The maximum absolute atomic E-state index is 5.49. The van der Waals surface area contributed by atoms with Crippen LogP contribution in [0.1, 0.15) is 25.0 Å². The molecule has 3 aromatic heterocycles. The van der Waals surface area contributed by atoms with E-state index >= 15 is 0 Å². The van der Waals surface area contributed by atoms with Crippen molar-refractivity contribution in [2.24, 2.45) is 0 Å². The van der Waals surface area contributed by atoms with Gasteiger partial charge in [0, 0.05) is 54.9 Å². The van der Waals surface area contributed by atoms with Crippen LogP contribution in [0.5, 0.6) is 0 Å². The fourth-order valence-corrected chi connectivity index (χ4v) is 9.03. The summed E-state index contributed by atoms with van der Waals surface area (Å²) in [5, 5.41) is 4.99.